The summed E-state index contributed by atoms with van der Waals surface area (Å²) in [6, 6.07) is 14.9. The van der Waals surface area contributed by atoms with E-state index >= 15 is 0 Å². The molecule has 7 heteroatoms. The normalized spacial score (nSPS) is 10.0. The second-order valence-electron chi connectivity index (χ2n) is 5.41. The quantitative estimate of drug-likeness (QED) is 0.740. The Labute approximate surface area is 149 Å². The molecule has 0 spiro atoms. The lowest BCUT2D eigenvalue weighted by molar-refractivity contribution is 0.0945. The Morgan fingerprint density at radius 2 is 1.92 bits per heavy atom. The van der Waals surface area contributed by atoms with Gasteiger partial charge in [-0.3, -0.25) is 4.79 Å². The first-order valence-electron chi connectivity index (χ1n) is 7.76. The fourth-order valence-corrected chi connectivity index (χ4v) is 2.20. The van der Waals surface area contributed by atoms with Gasteiger partial charge in [-0.2, -0.15) is 5.26 Å². The maximum absolute atomic E-state index is 12.9. The molecule has 3 rings (SSSR count). The lowest BCUT2D eigenvalue weighted by Crippen LogP contribution is -2.24. The number of nitrogens with one attached hydrogen (secondary N) is 2. The molecule has 0 fully saturated rings. The molecule has 1 amide bonds. The molecule has 0 aliphatic heterocycles. The number of rotatable bonds is 5. The standard InChI is InChI=1S/C19H14FN5O/c20-15-6-4-13(5-7-15)10-24-19(26)17-11-23-18(12-22-17)25-16-3-1-2-14(8-16)9-21/h1-8,11-12H,10H2,(H,23,25)(H,24,26). The van der Waals surface area contributed by atoms with Crippen LogP contribution in [0.3, 0.4) is 0 Å². The van der Waals surface area contributed by atoms with Gasteiger partial charge in [-0.05, 0) is 35.9 Å². The number of hydrogen-bond acceptors (Lipinski definition) is 5. The van der Waals surface area contributed by atoms with Crippen LogP contribution < -0.4 is 10.6 Å². The Bertz CT molecular complexity index is 949. The molecule has 0 saturated heterocycles. The van der Waals surface area contributed by atoms with Crippen molar-refractivity contribution in [2.24, 2.45) is 0 Å². The Kier molecular flexibility index (Phi) is 5.15. The minimum Gasteiger partial charge on any atom is -0.347 e. The maximum atomic E-state index is 12.9. The van der Waals surface area contributed by atoms with E-state index in [1.165, 1.54) is 24.5 Å². The number of hydrogen-bond donors (Lipinski definition) is 2. The zero-order valence-corrected chi connectivity index (χ0v) is 13.6. The van der Waals surface area contributed by atoms with Crippen molar-refractivity contribution < 1.29 is 9.18 Å². The van der Waals surface area contributed by atoms with Crippen molar-refractivity contribution in [2.75, 3.05) is 5.32 Å². The third-order valence-electron chi connectivity index (χ3n) is 3.51. The van der Waals surface area contributed by atoms with Crippen molar-refractivity contribution in [3.63, 3.8) is 0 Å². The summed E-state index contributed by atoms with van der Waals surface area (Å²) in [4.78, 5) is 20.3. The van der Waals surface area contributed by atoms with Gasteiger partial charge in [0, 0.05) is 12.2 Å². The maximum Gasteiger partial charge on any atom is 0.271 e. The smallest absolute Gasteiger partial charge is 0.271 e. The van der Waals surface area contributed by atoms with Crippen LogP contribution in [0.2, 0.25) is 0 Å². The van der Waals surface area contributed by atoms with Crippen LogP contribution in [-0.2, 0) is 6.54 Å². The monoisotopic (exact) mass is 347 g/mol. The Balaban J connectivity index is 1.60. The number of amides is 1. The van der Waals surface area contributed by atoms with Crippen LogP contribution >= 0.6 is 0 Å². The summed E-state index contributed by atoms with van der Waals surface area (Å²) < 4.78 is 12.9. The van der Waals surface area contributed by atoms with Gasteiger partial charge in [0.05, 0.1) is 24.0 Å². The molecule has 0 unspecified atom stereocenters. The molecule has 0 saturated carbocycles. The van der Waals surface area contributed by atoms with E-state index in [1.807, 2.05) is 0 Å². The van der Waals surface area contributed by atoms with Gasteiger partial charge in [-0.1, -0.05) is 18.2 Å². The molecular weight excluding hydrogens is 333 g/mol. The third-order valence-corrected chi connectivity index (χ3v) is 3.51. The van der Waals surface area contributed by atoms with Gasteiger partial charge in [0.25, 0.3) is 5.91 Å². The topological polar surface area (TPSA) is 90.7 Å². The first-order valence-corrected chi connectivity index (χ1v) is 7.76. The molecule has 128 valence electrons. The summed E-state index contributed by atoms with van der Waals surface area (Å²) in [5, 5.41) is 14.6. The highest BCUT2D eigenvalue weighted by atomic mass is 19.1. The van der Waals surface area contributed by atoms with Crippen LogP contribution in [0.25, 0.3) is 0 Å². The van der Waals surface area contributed by atoms with E-state index in [0.29, 0.717) is 17.1 Å². The lowest BCUT2D eigenvalue weighted by atomic mass is 10.2. The van der Waals surface area contributed by atoms with Crippen molar-refractivity contribution in [3.05, 3.63) is 83.6 Å². The molecule has 0 atom stereocenters. The zero-order chi connectivity index (χ0) is 18.4. The first kappa shape index (κ1) is 17.0. The molecule has 2 N–H and O–H groups in total. The Morgan fingerprint density at radius 3 is 2.62 bits per heavy atom. The number of anilines is 2. The molecular formula is C19H14FN5O. The number of carbonyl (C=O) groups excluding carboxylic acids is 1. The van der Waals surface area contributed by atoms with Crippen LogP contribution in [0.15, 0.2) is 60.9 Å². The zero-order valence-electron chi connectivity index (χ0n) is 13.6. The number of carbonyl (C=O) groups is 1. The van der Waals surface area contributed by atoms with Gasteiger partial charge in [0.15, 0.2) is 0 Å². The Hall–Kier alpha value is -3.79. The molecule has 0 aliphatic carbocycles. The fourth-order valence-electron chi connectivity index (χ4n) is 2.20. The lowest BCUT2D eigenvalue weighted by Gasteiger charge is -2.07. The van der Waals surface area contributed by atoms with E-state index < -0.39 is 0 Å². The van der Waals surface area contributed by atoms with Crippen molar-refractivity contribution in [2.45, 2.75) is 6.54 Å². The number of nitrogens with zero attached hydrogens (tertiary/aromatic N) is 3. The predicted molar refractivity (Wildman–Crippen MR) is 94.0 cm³/mol. The number of aromatic nitrogens is 2. The van der Waals surface area contributed by atoms with E-state index in [9.17, 15) is 9.18 Å². The van der Waals surface area contributed by atoms with Gasteiger partial charge < -0.3 is 10.6 Å². The van der Waals surface area contributed by atoms with Crippen LogP contribution in [0.4, 0.5) is 15.9 Å². The van der Waals surface area contributed by atoms with E-state index in [1.54, 1.807) is 36.4 Å². The summed E-state index contributed by atoms with van der Waals surface area (Å²) >= 11 is 0. The number of benzene rings is 2. The minimum atomic E-state index is -0.375. The average Bonchev–Trinajstić information content (AvgIpc) is 2.68. The van der Waals surface area contributed by atoms with Crippen LogP contribution in [0.1, 0.15) is 21.6 Å². The molecule has 1 heterocycles. The number of nitriles is 1. The SMILES string of the molecule is N#Cc1cccc(Nc2cnc(C(=O)NCc3ccc(F)cc3)cn2)c1. The van der Waals surface area contributed by atoms with Crippen LogP contribution in [0, 0.1) is 17.1 Å². The summed E-state index contributed by atoms with van der Waals surface area (Å²) in [5.74, 6) is -0.246. The second kappa shape index (κ2) is 7.85. The molecule has 3 aromatic rings. The molecule has 0 bridgehead atoms. The van der Waals surface area contributed by atoms with Gasteiger partial charge in [0.1, 0.15) is 17.3 Å². The predicted octanol–water partition coefficient (Wildman–Crippen LogP) is 3.16. The van der Waals surface area contributed by atoms with Crippen LogP contribution in [-0.4, -0.2) is 15.9 Å². The van der Waals surface area contributed by atoms with Crippen LogP contribution in [0.5, 0.6) is 0 Å². The van der Waals surface area contributed by atoms with Crippen molar-refractivity contribution >= 4 is 17.4 Å². The highest BCUT2D eigenvalue weighted by molar-refractivity contribution is 5.92. The van der Waals surface area contributed by atoms with E-state index in [2.05, 4.69) is 26.7 Å². The van der Waals surface area contributed by atoms with Gasteiger partial charge in [0.2, 0.25) is 0 Å². The summed E-state index contributed by atoms with van der Waals surface area (Å²) in [6.45, 7) is 0.266. The minimum absolute atomic E-state index is 0.170. The average molecular weight is 347 g/mol. The molecule has 1 aromatic heterocycles. The third kappa shape index (κ3) is 4.39. The highest BCUT2D eigenvalue weighted by Gasteiger charge is 2.08. The molecule has 0 radical (unpaired) electrons. The highest BCUT2D eigenvalue weighted by Crippen LogP contribution is 2.15. The largest absolute Gasteiger partial charge is 0.347 e. The fraction of sp³-hybridized carbons (Fsp3) is 0.0526. The van der Waals surface area contributed by atoms with E-state index in [0.717, 1.165) is 5.56 Å². The second-order valence-corrected chi connectivity index (χ2v) is 5.41. The first-order chi connectivity index (χ1) is 12.6. The molecule has 26 heavy (non-hydrogen) atoms. The van der Waals surface area contributed by atoms with Gasteiger partial charge in [-0.25, -0.2) is 14.4 Å². The summed E-state index contributed by atoms with van der Waals surface area (Å²) in [7, 11) is 0. The Morgan fingerprint density at radius 1 is 1.12 bits per heavy atom. The van der Waals surface area contributed by atoms with E-state index in [4.69, 9.17) is 5.26 Å². The van der Waals surface area contributed by atoms with Crippen molar-refractivity contribution in [1.82, 2.24) is 15.3 Å². The van der Waals surface area contributed by atoms with Gasteiger partial charge in [-0.15, -0.1) is 0 Å². The van der Waals surface area contributed by atoms with Crippen molar-refractivity contribution in [1.29, 1.82) is 5.26 Å². The van der Waals surface area contributed by atoms with E-state index in [-0.39, 0.29) is 24.0 Å². The summed E-state index contributed by atoms with van der Waals surface area (Å²) in [5.41, 5.74) is 2.18. The molecule has 2 aromatic carbocycles. The van der Waals surface area contributed by atoms with Crippen molar-refractivity contribution in [3.8, 4) is 6.07 Å². The molecule has 0 aliphatic rings. The number of halogens is 1. The van der Waals surface area contributed by atoms with Gasteiger partial charge >= 0.3 is 0 Å². The summed E-state index contributed by atoms with van der Waals surface area (Å²) in [6.07, 6.45) is 2.79. The molecule has 6 nitrogen and oxygen atoms in total.